The third-order valence-corrected chi connectivity index (χ3v) is 8.21. The highest BCUT2D eigenvalue weighted by Crippen LogP contribution is 2.39. The van der Waals surface area contributed by atoms with Crippen LogP contribution in [0, 0.1) is 0 Å². The van der Waals surface area contributed by atoms with Crippen LogP contribution < -0.4 is 4.74 Å². The minimum atomic E-state index is 0.152. The van der Waals surface area contributed by atoms with Crippen molar-refractivity contribution in [1.29, 1.82) is 0 Å². The Morgan fingerprint density at radius 3 is 2.74 bits per heavy atom. The van der Waals surface area contributed by atoms with E-state index in [0.29, 0.717) is 5.92 Å². The lowest BCUT2D eigenvalue weighted by Gasteiger charge is -2.26. The number of rotatable bonds is 9. The van der Waals surface area contributed by atoms with Crippen LogP contribution in [0.5, 0.6) is 5.75 Å². The molecule has 0 heterocycles. The second-order valence-electron chi connectivity index (χ2n) is 7.07. The van der Waals surface area contributed by atoms with Crippen molar-refractivity contribution in [3.63, 3.8) is 0 Å². The van der Waals surface area contributed by atoms with Gasteiger partial charge in [-0.2, -0.15) is 0 Å². The molecule has 1 saturated carbocycles. The molecule has 0 aromatic heterocycles. The van der Waals surface area contributed by atoms with E-state index < -0.39 is 0 Å². The Hall–Kier alpha value is -0.0331. The first-order valence-corrected chi connectivity index (χ1v) is 15.7. The molecule has 0 amide bonds. The normalized spacial score (nSPS) is 17.7. The summed E-state index contributed by atoms with van der Waals surface area (Å²) in [6.07, 6.45) is 10.7. The van der Waals surface area contributed by atoms with Crippen LogP contribution in [0.4, 0.5) is 0 Å². The molecule has 1 unspecified atom stereocenters. The highest BCUT2D eigenvalue weighted by Gasteiger charge is 2.20. The van der Waals surface area contributed by atoms with E-state index in [1.165, 1.54) is 74.3 Å². The van der Waals surface area contributed by atoms with Crippen LogP contribution in [0.15, 0.2) is 18.2 Å². The topological polar surface area (TPSA) is 9.23 Å². The fourth-order valence-corrected chi connectivity index (χ4v) is 5.73. The summed E-state index contributed by atoms with van der Waals surface area (Å²) in [6.45, 7) is 5.56. The number of hydrogen-bond acceptors (Lipinski definition) is 1. The minimum Gasteiger partial charge on any atom is -0.493 e. The molecule has 0 bridgehead atoms. The van der Waals surface area contributed by atoms with Crippen molar-refractivity contribution in [3.05, 3.63) is 29.3 Å². The molecule has 1 nitrogen and oxygen atoms in total. The molecule has 1 aromatic rings. The van der Waals surface area contributed by atoms with Gasteiger partial charge in [-0.25, -0.2) is 0 Å². The Kier molecular flexibility index (Phi) is 9.02. The van der Waals surface area contributed by atoms with Crippen molar-refractivity contribution < 1.29 is 4.74 Å². The summed E-state index contributed by atoms with van der Waals surface area (Å²) in [4.78, 5) is 0. The first kappa shape index (κ1) is 19.3. The maximum atomic E-state index is 6.21. The van der Waals surface area contributed by atoms with Gasteiger partial charge in [-0.1, -0.05) is 57.7 Å². The zero-order valence-electron chi connectivity index (χ0n) is 15.0. The number of ether oxygens (including phenoxy) is 1. The number of benzene rings is 1. The summed E-state index contributed by atoms with van der Waals surface area (Å²) < 4.78 is 6.21. The van der Waals surface area contributed by atoms with Crippen LogP contribution in [0.25, 0.3) is 0 Å². The smallest absolute Gasteiger partial charge is 0.122 e. The summed E-state index contributed by atoms with van der Waals surface area (Å²) in [5, 5.41) is 0. The molecule has 0 radical (unpaired) electrons. The first-order chi connectivity index (χ1) is 11.3. The lowest BCUT2D eigenvalue weighted by Crippen LogP contribution is -2.09. The van der Waals surface area contributed by atoms with Gasteiger partial charge >= 0.3 is 0 Å². The van der Waals surface area contributed by atoms with E-state index in [0.717, 1.165) is 12.5 Å². The molecular weight excluding hydrogens is 411 g/mol. The molecule has 0 aliphatic heterocycles. The molecule has 3 heteroatoms. The Labute approximate surface area is 158 Å². The van der Waals surface area contributed by atoms with Crippen LogP contribution in [-0.4, -0.2) is 13.6 Å². The van der Waals surface area contributed by atoms with E-state index in [-0.39, 0.29) is 7.02 Å². The molecular formula is C20H33IOSi. The van der Waals surface area contributed by atoms with Crippen molar-refractivity contribution in [2.24, 2.45) is 0 Å². The maximum absolute atomic E-state index is 6.21. The van der Waals surface area contributed by atoms with Gasteiger partial charge in [-0.3, -0.25) is 0 Å². The van der Waals surface area contributed by atoms with Crippen LogP contribution in [0.3, 0.4) is 0 Å². The van der Waals surface area contributed by atoms with Crippen LogP contribution >= 0.6 is 21.8 Å². The highest BCUT2D eigenvalue weighted by molar-refractivity contribution is 14.1. The van der Waals surface area contributed by atoms with Crippen LogP contribution in [-0.2, 0) is 0 Å². The van der Waals surface area contributed by atoms with Gasteiger partial charge in [0.15, 0.2) is 0 Å². The van der Waals surface area contributed by atoms with Gasteiger partial charge < -0.3 is 4.74 Å². The first-order valence-electron chi connectivity index (χ1n) is 9.58. The summed E-state index contributed by atoms with van der Waals surface area (Å²) in [6, 6.07) is 8.46. The number of halogens is 1. The SMILES string of the molecule is CCCC(C)c1ccc(OCCC[SiH2]I)c(C2CCCCC2)c1. The highest BCUT2D eigenvalue weighted by atomic mass is 127. The number of hydrogen-bond donors (Lipinski definition) is 0. The third kappa shape index (κ3) is 6.08. The van der Waals surface area contributed by atoms with Gasteiger partial charge in [0, 0.05) is 0 Å². The molecule has 2 rings (SSSR count). The van der Waals surface area contributed by atoms with E-state index in [4.69, 9.17) is 4.74 Å². The maximum Gasteiger partial charge on any atom is 0.122 e. The molecule has 1 aliphatic carbocycles. The lowest BCUT2D eigenvalue weighted by molar-refractivity contribution is 0.307. The van der Waals surface area contributed by atoms with E-state index in [1.54, 1.807) is 0 Å². The van der Waals surface area contributed by atoms with Crippen LogP contribution in [0.1, 0.15) is 88.2 Å². The molecule has 130 valence electrons. The predicted molar refractivity (Wildman–Crippen MR) is 113 cm³/mol. The molecule has 0 spiro atoms. The molecule has 1 aromatic carbocycles. The average molecular weight is 444 g/mol. The van der Waals surface area contributed by atoms with Gasteiger partial charge in [0.2, 0.25) is 0 Å². The molecule has 0 N–H and O–H groups in total. The van der Waals surface area contributed by atoms with E-state index in [2.05, 4.69) is 53.8 Å². The summed E-state index contributed by atoms with van der Waals surface area (Å²) >= 11 is 2.59. The third-order valence-electron chi connectivity index (χ3n) is 5.16. The Bertz CT molecular complexity index is 457. The second kappa shape index (κ2) is 10.8. The zero-order chi connectivity index (χ0) is 16.5. The molecule has 1 fully saturated rings. The van der Waals surface area contributed by atoms with E-state index >= 15 is 0 Å². The fraction of sp³-hybridized carbons (Fsp3) is 0.700. The standard InChI is InChI=1S/C20H33IOSi/c1-3-8-16(2)18-11-12-20(22-13-7-14-23-21)19(15-18)17-9-5-4-6-10-17/h11-12,15-17H,3-10,13-14,23H2,1-2H3. The van der Waals surface area contributed by atoms with Gasteiger partial charge in [-0.15, -0.1) is 21.8 Å². The van der Waals surface area contributed by atoms with Gasteiger partial charge in [0.25, 0.3) is 0 Å². The quantitative estimate of drug-likeness (QED) is 0.187. The lowest BCUT2D eigenvalue weighted by atomic mass is 9.82. The largest absolute Gasteiger partial charge is 0.493 e. The van der Waals surface area contributed by atoms with Crippen molar-refractivity contribution >= 4 is 28.8 Å². The molecule has 1 atom stereocenters. The summed E-state index contributed by atoms with van der Waals surface area (Å²) in [5.74, 6) is 2.58. The van der Waals surface area contributed by atoms with E-state index in [9.17, 15) is 0 Å². The predicted octanol–water partition coefficient (Wildman–Crippen LogP) is 6.34. The Morgan fingerprint density at radius 2 is 2.04 bits per heavy atom. The second-order valence-corrected chi connectivity index (χ2v) is 11.4. The fourth-order valence-electron chi connectivity index (χ4n) is 3.72. The Balaban J connectivity index is 2.14. The zero-order valence-corrected chi connectivity index (χ0v) is 18.5. The molecule has 1 aliphatic rings. The van der Waals surface area contributed by atoms with Crippen LogP contribution in [0.2, 0.25) is 6.04 Å². The van der Waals surface area contributed by atoms with E-state index in [1.807, 2.05) is 0 Å². The average Bonchev–Trinajstić information content (AvgIpc) is 2.60. The van der Waals surface area contributed by atoms with Crippen molar-refractivity contribution in [1.82, 2.24) is 0 Å². The van der Waals surface area contributed by atoms with Gasteiger partial charge in [0.1, 0.15) is 5.75 Å². The van der Waals surface area contributed by atoms with Crippen molar-refractivity contribution in [2.75, 3.05) is 6.61 Å². The van der Waals surface area contributed by atoms with Gasteiger partial charge in [-0.05, 0) is 54.7 Å². The van der Waals surface area contributed by atoms with Crippen molar-refractivity contribution in [2.45, 2.75) is 83.1 Å². The molecule has 0 saturated heterocycles. The van der Waals surface area contributed by atoms with Crippen molar-refractivity contribution in [3.8, 4) is 5.75 Å². The summed E-state index contributed by atoms with van der Waals surface area (Å²) in [7, 11) is 0.152. The Morgan fingerprint density at radius 1 is 1.26 bits per heavy atom. The molecule has 23 heavy (non-hydrogen) atoms. The van der Waals surface area contributed by atoms with Gasteiger partial charge in [0.05, 0.1) is 13.6 Å². The monoisotopic (exact) mass is 444 g/mol. The summed E-state index contributed by atoms with van der Waals surface area (Å²) in [5.41, 5.74) is 3.02. The minimum absolute atomic E-state index is 0.152.